The van der Waals surface area contributed by atoms with E-state index in [9.17, 15) is 5.11 Å². The lowest BCUT2D eigenvalue weighted by Gasteiger charge is -2.27. The van der Waals surface area contributed by atoms with Crippen molar-refractivity contribution in [2.75, 3.05) is 13.7 Å². The van der Waals surface area contributed by atoms with E-state index in [1.165, 1.54) is 0 Å². The largest absolute Gasteiger partial charge is 0.508 e. The molecule has 0 aromatic heterocycles. The summed E-state index contributed by atoms with van der Waals surface area (Å²) in [5, 5.41) is 9.85. The molecule has 96 valence electrons. The Bertz CT molecular complexity index is 352. The second-order valence-corrected chi connectivity index (χ2v) is 4.32. The van der Waals surface area contributed by atoms with E-state index >= 15 is 0 Å². The van der Waals surface area contributed by atoms with Gasteiger partial charge in [0, 0.05) is 18.2 Å². The number of methoxy groups -OCH3 is 1. The second-order valence-electron chi connectivity index (χ2n) is 4.32. The van der Waals surface area contributed by atoms with Gasteiger partial charge in [0.25, 0.3) is 0 Å². The van der Waals surface area contributed by atoms with Crippen molar-refractivity contribution in [1.82, 2.24) is 4.90 Å². The first-order chi connectivity index (χ1) is 8.12. The van der Waals surface area contributed by atoms with E-state index in [1.54, 1.807) is 19.2 Å². The zero-order chi connectivity index (χ0) is 12.8. The van der Waals surface area contributed by atoms with Crippen LogP contribution in [0.2, 0.25) is 0 Å². The third kappa shape index (κ3) is 3.63. The first kappa shape index (κ1) is 13.8. The van der Waals surface area contributed by atoms with E-state index in [0.29, 0.717) is 11.8 Å². The normalized spacial score (nSPS) is 12.8. The minimum Gasteiger partial charge on any atom is -0.508 e. The van der Waals surface area contributed by atoms with Gasteiger partial charge in [-0.3, -0.25) is 4.90 Å². The van der Waals surface area contributed by atoms with Crippen molar-refractivity contribution in [1.29, 1.82) is 0 Å². The Hall–Kier alpha value is -1.22. The number of ether oxygens (including phenoxy) is 1. The van der Waals surface area contributed by atoms with E-state index in [2.05, 4.69) is 25.7 Å². The van der Waals surface area contributed by atoms with Crippen molar-refractivity contribution in [3.63, 3.8) is 0 Å². The number of aromatic hydroxyl groups is 1. The maximum Gasteiger partial charge on any atom is 0.120 e. The van der Waals surface area contributed by atoms with Crippen LogP contribution in [0.4, 0.5) is 0 Å². The molecule has 0 amide bonds. The van der Waals surface area contributed by atoms with Crippen LogP contribution in [0.3, 0.4) is 0 Å². The molecule has 17 heavy (non-hydrogen) atoms. The lowest BCUT2D eigenvalue weighted by molar-refractivity contribution is 0.203. The highest BCUT2D eigenvalue weighted by Gasteiger charge is 2.13. The summed E-state index contributed by atoms with van der Waals surface area (Å²) in [6, 6.07) is 5.89. The van der Waals surface area contributed by atoms with Crippen molar-refractivity contribution in [2.24, 2.45) is 0 Å². The molecule has 0 aliphatic rings. The van der Waals surface area contributed by atoms with E-state index in [-0.39, 0.29) is 0 Å². The lowest BCUT2D eigenvalue weighted by Crippen LogP contribution is -2.31. The summed E-state index contributed by atoms with van der Waals surface area (Å²) in [6.07, 6.45) is 1.11. The van der Waals surface area contributed by atoms with E-state index in [4.69, 9.17) is 4.74 Å². The molecule has 0 spiro atoms. The van der Waals surface area contributed by atoms with Gasteiger partial charge in [0.15, 0.2) is 0 Å². The van der Waals surface area contributed by atoms with E-state index in [1.807, 2.05) is 6.07 Å². The average Bonchev–Trinajstić information content (AvgIpc) is 2.36. The van der Waals surface area contributed by atoms with Gasteiger partial charge in [0.05, 0.1) is 7.11 Å². The van der Waals surface area contributed by atoms with Gasteiger partial charge >= 0.3 is 0 Å². The monoisotopic (exact) mass is 237 g/mol. The summed E-state index contributed by atoms with van der Waals surface area (Å²) in [6.45, 7) is 8.27. The smallest absolute Gasteiger partial charge is 0.120 e. The Morgan fingerprint density at radius 3 is 2.59 bits per heavy atom. The minimum absolute atomic E-state index is 0.340. The van der Waals surface area contributed by atoms with Crippen molar-refractivity contribution in [2.45, 2.75) is 39.8 Å². The number of nitrogens with zero attached hydrogens (tertiary/aromatic N) is 1. The van der Waals surface area contributed by atoms with Crippen molar-refractivity contribution >= 4 is 0 Å². The fraction of sp³-hybridized carbons (Fsp3) is 0.571. The fourth-order valence-electron chi connectivity index (χ4n) is 1.87. The Morgan fingerprint density at radius 2 is 2.06 bits per heavy atom. The van der Waals surface area contributed by atoms with Gasteiger partial charge in [-0.1, -0.05) is 13.8 Å². The maximum atomic E-state index is 9.85. The first-order valence-corrected chi connectivity index (χ1v) is 6.22. The molecule has 1 unspecified atom stereocenters. The SMILES string of the molecule is CCC(C)N(CC)Cc1cc(OC)ccc1O. The Kier molecular flexibility index (Phi) is 5.29. The molecule has 1 rings (SSSR count). The molecule has 0 bridgehead atoms. The van der Waals surface area contributed by atoms with Gasteiger partial charge in [-0.25, -0.2) is 0 Å². The number of phenolic OH excluding ortho intramolecular Hbond substituents is 1. The van der Waals surface area contributed by atoms with Crippen LogP contribution >= 0.6 is 0 Å². The standard InChI is InChI=1S/C14H23NO2/c1-5-11(3)15(6-2)10-12-9-13(17-4)7-8-14(12)16/h7-9,11,16H,5-6,10H2,1-4H3. The molecule has 0 aliphatic heterocycles. The summed E-state index contributed by atoms with van der Waals surface area (Å²) < 4.78 is 5.18. The summed E-state index contributed by atoms with van der Waals surface area (Å²) >= 11 is 0. The number of phenols is 1. The van der Waals surface area contributed by atoms with Crippen LogP contribution in [-0.2, 0) is 6.54 Å². The third-order valence-corrected chi connectivity index (χ3v) is 3.28. The topological polar surface area (TPSA) is 32.7 Å². The first-order valence-electron chi connectivity index (χ1n) is 6.22. The summed E-state index contributed by atoms with van der Waals surface area (Å²) in [5.74, 6) is 1.13. The molecule has 1 atom stereocenters. The maximum absolute atomic E-state index is 9.85. The van der Waals surface area contributed by atoms with Crippen LogP contribution in [0.1, 0.15) is 32.8 Å². The van der Waals surface area contributed by atoms with Crippen molar-refractivity contribution < 1.29 is 9.84 Å². The zero-order valence-corrected chi connectivity index (χ0v) is 11.2. The molecule has 1 aromatic carbocycles. The predicted octanol–water partition coefficient (Wildman–Crippen LogP) is 3.02. The number of hydrogen-bond donors (Lipinski definition) is 1. The van der Waals surface area contributed by atoms with Gasteiger partial charge in [0.2, 0.25) is 0 Å². The van der Waals surface area contributed by atoms with E-state index < -0.39 is 0 Å². The number of benzene rings is 1. The van der Waals surface area contributed by atoms with Crippen LogP contribution in [0.5, 0.6) is 11.5 Å². The summed E-state index contributed by atoms with van der Waals surface area (Å²) in [4.78, 5) is 2.34. The number of rotatable bonds is 6. The van der Waals surface area contributed by atoms with Crippen LogP contribution in [0.25, 0.3) is 0 Å². The minimum atomic E-state index is 0.340. The average molecular weight is 237 g/mol. The molecular formula is C14H23NO2. The molecule has 3 heteroatoms. The molecule has 3 nitrogen and oxygen atoms in total. The molecule has 1 N–H and O–H groups in total. The van der Waals surface area contributed by atoms with Gasteiger partial charge in [-0.2, -0.15) is 0 Å². The molecule has 0 aliphatic carbocycles. The molecule has 1 aromatic rings. The summed E-state index contributed by atoms with van der Waals surface area (Å²) in [5.41, 5.74) is 0.923. The third-order valence-electron chi connectivity index (χ3n) is 3.28. The Balaban J connectivity index is 2.84. The summed E-state index contributed by atoms with van der Waals surface area (Å²) in [7, 11) is 1.64. The van der Waals surface area contributed by atoms with Gasteiger partial charge in [-0.05, 0) is 38.1 Å². The van der Waals surface area contributed by atoms with Crippen molar-refractivity contribution in [3.8, 4) is 11.5 Å². The van der Waals surface area contributed by atoms with Gasteiger partial charge < -0.3 is 9.84 Å². The predicted molar refractivity (Wildman–Crippen MR) is 70.5 cm³/mol. The van der Waals surface area contributed by atoms with Gasteiger partial charge in [0.1, 0.15) is 11.5 Å². The quantitative estimate of drug-likeness (QED) is 0.825. The van der Waals surface area contributed by atoms with Crippen molar-refractivity contribution in [3.05, 3.63) is 23.8 Å². The zero-order valence-electron chi connectivity index (χ0n) is 11.2. The Morgan fingerprint density at radius 1 is 1.35 bits per heavy atom. The Labute approximate surface area is 104 Å². The van der Waals surface area contributed by atoms with Crippen LogP contribution in [0.15, 0.2) is 18.2 Å². The van der Waals surface area contributed by atoms with Crippen LogP contribution in [-0.4, -0.2) is 29.7 Å². The second kappa shape index (κ2) is 6.50. The molecule has 0 saturated carbocycles. The molecular weight excluding hydrogens is 214 g/mol. The highest BCUT2D eigenvalue weighted by molar-refractivity contribution is 5.39. The van der Waals surface area contributed by atoms with Gasteiger partial charge in [-0.15, -0.1) is 0 Å². The van der Waals surface area contributed by atoms with E-state index in [0.717, 1.165) is 30.8 Å². The highest BCUT2D eigenvalue weighted by Crippen LogP contribution is 2.25. The molecule has 0 radical (unpaired) electrons. The van der Waals surface area contributed by atoms with Crippen LogP contribution < -0.4 is 4.74 Å². The highest BCUT2D eigenvalue weighted by atomic mass is 16.5. The molecule has 0 heterocycles. The molecule has 0 fully saturated rings. The van der Waals surface area contributed by atoms with Crippen LogP contribution in [0, 0.1) is 0 Å². The lowest BCUT2D eigenvalue weighted by atomic mass is 10.1. The number of hydrogen-bond acceptors (Lipinski definition) is 3. The fourth-order valence-corrected chi connectivity index (χ4v) is 1.87. The molecule has 0 saturated heterocycles.